The summed E-state index contributed by atoms with van der Waals surface area (Å²) < 4.78 is 24.6. The SMILES string of the molecule is C[C@@H]1Cc2cc(Cl)ccc2N1S(C)(=O)=O. The predicted octanol–water partition coefficient (Wildman–Crippen LogP) is 2.05. The number of fused-ring (bicyclic) bond motifs is 1. The minimum absolute atomic E-state index is 0.0199. The highest BCUT2D eigenvalue weighted by Crippen LogP contribution is 2.35. The maximum Gasteiger partial charge on any atom is 0.232 e. The van der Waals surface area contributed by atoms with Crippen LogP contribution in [-0.2, 0) is 16.4 Å². The lowest BCUT2D eigenvalue weighted by Gasteiger charge is -2.21. The number of halogens is 1. The molecule has 0 unspecified atom stereocenters. The van der Waals surface area contributed by atoms with Gasteiger partial charge in [-0.1, -0.05) is 11.6 Å². The minimum Gasteiger partial charge on any atom is -0.267 e. The summed E-state index contributed by atoms with van der Waals surface area (Å²) in [5, 5.41) is 0.649. The Morgan fingerprint density at radius 3 is 2.73 bits per heavy atom. The summed E-state index contributed by atoms with van der Waals surface area (Å²) >= 11 is 5.87. The van der Waals surface area contributed by atoms with Crippen molar-refractivity contribution in [2.45, 2.75) is 19.4 Å². The number of nitrogens with zero attached hydrogens (tertiary/aromatic N) is 1. The highest BCUT2D eigenvalue weighted by Gasteiger charge is 2.32. The van der Waals surface area contributed by atoms with Crippen molar-refractivity contribution in [3.8, 4) is 0 Å². The highest BCUT2D eigenvalue weighted by atomic mass is 35.5. The number of benzene rings is 1. The second-order valence-electron chi connectivity index (χ2n) is 3.88. The largest absolute Gasteiger partial charge is 0.267 e. The summed E-state index contributed by atoms with van der Waals surface area (Å²) in [6.45, 7) is 1.90. The third kappa shape index (κ3) is 1.84. The fourth-order valence-corrected chi connectivity index (χ4v) is 3.54. The van der Waals surface area contributed by atoms with Gasteiger partial charge in [0.15, 0.2) is 0 Å². The molecule has 0 fully saturated rings. The number of sulfonamides is 1. The van der Waals surface area contributed by atoms with Crippen molar-refractivity contribution in [3.05, 3.63) is 28.8 Å². The van der Waals surface area contributed by atoms with Gasteiger partial charge in [-0.3, -0.25) is 4.31 Å². The van der Waals surface area contributed by atoms with E-state index in [0.29, 0.717) is 5.02 Å². The van der Waals surface area contributed by atoms with Gasteiger partial charge in [0.2, 0.25) is 10.0 Å². The van der Waals surface area contributed by atoms with Crippen molar-refractivity contribution < 1.29 is 8.42 Å². The molecule has 15 heavy (non-hydrogen) atoms. The summed E-state index contributed by atoms with van der Waals surface area (Å²) in [5.74, 6) is 0. The molecule has 82 valence electrons. The molecule has 0 bridgehead atoms. The van der Waals surface area contributed by atoms with Crippen LogP contribution in [0, 0.1) is 0 Å². The standard InChI is InChI=1S/C10H12ClNO2S/c1-7-5-8-6-9(11)3-4-10(8)12(7)15(2,13)14/h3-4,6-7H,5H2,1-2H3/t7-/m1/s1. The number of rotatable bonds is 1. The normalized spacial score (nSPS) is 20.5. The van der Waals surface area contributed by atoms with E-state index in [9.17, 15) is 8.42 Å². The monoisotopic (exact) mass is 245 g/mol. The van der Waals surface area contributed by atoms with Gasteiger partial charge in [-0.15, -0.1) is 0 Å². The van der Waals surface area contributed by atoms with E-state index in [2.05, 4.69) is 0 Å². The molecule has 1 heterocycles. The molecule has 1 aromatic rings. The topological polar surface area (TPSA) is 37.4 Å². The Kier molecular flexibility index (Phi) is 2.43. The fraction of sp³-hybridized carbons (Fsp3) is 0.400. The van der Waals surface area contributed by atoms with Crippen LogP contribution in [0.4, 0.5) is 5.69 Å². The average Bonchev–Trinajstić information content (AvgIpc) is 2.38. The number of hydrogen-bond acceptors (Lipinski definition) is 2. The highest BCUT2D eigenvalue weighted by molar-refractivity contribution is 7.92. The van der Waals surface area contributed by atoms with Gasteiger partial charge in [0.25, 0.3) is 0 Å². The summed E-state index contributed by atoms with van der Waals surface area (Å²) in [5.41, 5.74) is 1.76. The van der Waals surface area contributed by atoms with E-state index in [1.54, 1.807) is 12.1 Å². The van der Waals surface area contributed by atoms with Crippen LogP contribution in [0.1, 0.15) is 12.5 Å². The van der Waals surface area contributed by atoms with Crippen molar-refractivity contribution in [3.63, 3.8) is 0 Å². The molecule has 0 spiro atoms. The average molecular weight is 246 g/mol. The van der Waals surface area contributed by atoms with Gasteiger partial charge in [-0.25, -0.2) is 8.42 Å². The number of anilines is 1. The Bertz CT molecular complexity index is 498. The third-order valence-corrected chi connectivity index (χ3v) is 4.06. The first-order valence-electron chi connectivity index (χ1n) is 4.67. The predicted molar refractivity (Wildman–Crippen MR) is 61.9 cm³/mol. The molecule has 5 heteroatoms. The molecule has 0 saturated carbocycles. The van der Waals surface area contributed by atoms with Crippen LogP contribution in [0.25, 0.3) is 0 Å². The zero-order valence-corrected chi connectivity index (χ0v) is 10.1. The van der Waals surface area contributed by atoms with Gasteiger partial charge in [0.05, 0.1) is 11.9 Å². The molecule has 3 nitrogen and oxygen atoms in total. The van der Waals surface area contributed by atoms with Gasteiger partial charge < -0.3 is 0 Å². The maximum absolute atomic E-state index is 11.6. The quantitative estimate of drug-likeness (QED) is 0.760. The first-order valence-corrected chi connectivity index (χ1v) is 6.90. The van der Waals surface area contributed by atoms with Crippen molar-refractivity contribution in [2.24, 2.45) is 0 Å². The lowest BCUT2D eigenvalue weighted by atomic mass is 10.1. The van der Waals surface area contributed by atoms with Crippen molar-refractivity contribution in [1.29, 1.82) is 0 Å². The molecular weight excluding hydrogens is 234 g/mol. The van der Waals surface area contributed by atoms with E-state index in [1.165, 1.54) is 10.6 Å². The number of hydrogen-bond donors (Lipinski definition) is 0. The lowest BCUT2D eigenvalue weighted by Crippen LogP contribution is -2.34. The first kappa shape index (κ1) is 10.8. The van der Waals surface area contributed by atoms with Gasteiger partial charge >= 0.3 is 0 Å². The molecule has 1 atom stereocenters. The van der Waals surface area contributed by atoms with Crippen LogP contribution in [0.3, 0.4) is 0 Å². The molecule has 0 aromatic heterocycles. The third-order valence-electron chi connectivity index (χ3n) is 2.55. The summed E-state index contributed by atoms with van der Waals surface area (Å²) in [6.07, 6.45) is 1.95. The van der Waals surface area contributed by atoms with E-state index in [4.69, 9.17) is 11.6 Å². The summed E-state index contributed by atoms with van der Waals surface area (Å²) in [7, 11) is -3.19. The molecule has 0 radical (unpaired) electrons. The van der Waals surface area contributed by atoms with E-state index in [-0.39, 0.29) is 6.04 Å². The van der Waals surface area contributed by atoms with E-state index in [1.807, 2.05) is 13.0 Å². The van der Waals surface area contributed by atoms with Gasteiger partial charge in [-0.05, 0) is 37.1 Å². The van der Waals surface area contributed by atoms with Crippen LogP contribution in [0.15, 0.2) is 18.2 Å². The van der Waals surface area contributed by atoms with E-state index >= 15 is 0 Å². The van der Waals surface area contributed by atoms with Crippen LogP contribution in [-0.4, -0.2) is 20.7 Å². The Morgan fingerprint density at radius 2 is 2.13 bits per heavy atom. The fourth-order valence-electron chi connectivity index (χ4n) is 2.08. The van der Waals surface area contributed by atoms with Crippen LogP contribution >= 0.6 is 11.6 Å². The van der Waals surface area contributed by atoms with Crippen molar-refractivity contribution in [1.82, 2.24) is 0 Å². The smallest absolute Gasteiger partial charge is 0.232 e. The summed E-state index contributed by atoms with van der Waals surface area (Å²) in [4.78, 5) is 0. The van der Waals surface area contributed by atoms with Crippen molar-refractivity contribution in [2.75, 3.05) is 10.6 Å². The van der Waals surface area contributed by atoms with Crippen LogP contribution in [0.5, 0.6) is 0 Å². The minimum atomic E-state index is -3.19. The molecule has 0 amide bonds. The molecule has 1 aliphatic heterocycles. The zero-order valence-electron chi connectivity index (χ0n) is 8.57. The molecule has 1 aromatic carbocycles. The van der Waals surface area contributed by atoms with E-state index < -0.39 is 10.0 Å². The summed E-state index contributed by atoms with van der Waals surface area (Å²) in [6, 6.07) is 5.30. The van der Waals surface area contributed by atoms with Crippen molar-refractivity contribution >= 4 is 27.3 Å². The van der Waals surface area contributed by atoms with E-state index in [0.717, 1.165) is 17.7 Å². The molecule has 0 N–H and O–H groups in total. The van der Waals surface area contributed by atoms with Crippen LogP contribution in [0.2, 0.25) is 5.02 Å². The van der Waals surface area contributed by atoms with Gasteiger partial charge in [0, 0.05) is 11.1 Å². The van der Waals surface area contributed by atoms with Crippen LogP contribution < -0.4 is 4.31 Å². The Hall–Kier alpha value is -0.740. The molecule has 0 aliphatic carbocycles. The molecule has 2 rings (SSSR count). The zero-order chi connectivity index (χ0) is 11.2. The second-order valence-corrected chi connectivity index (χ2v) is 6.18. The Balaban J connectivity index is 2.56. The molecule has 1 aliphatic rings. The van der Waals surface area contributed by atoms with Gasteiger partial charge in [0.1, 0.15) is 0 Å². The lowest BCUT2D eigenvalue weighted by molar-refractivity contribution is 0.590. The van der Waals surface area contributed by atoms with Gasteiger partial charge in [-0.2, -0.15) is 0 Å². The maximum atomic E-state index is 11.6. The first-order chi connectivity index (χ1) is 6.89. The molecule has 0 saturated heterocycles. The second kappa shape index (κ2) is 3.39. The molecular formula is C10H12ClNO2S. The Morgan fingerprint density at radius 1 is 1.47 bits per heavy atom. The Labute approximate surface area is 94.7 Å².